The lowest BCUT2D eigenvalue weighted by Crippen LogP contribution is -2.30. The maximum Gasteiger partial charge on any atom is 0.306 e. The highest BCUT2D eigenvalue weighted by atomic mass is 16.6. The molecule has 0 aromatic heterocycles. The van der Waals surface area contributed by atoms with Gasteiger partial charge in [0.15, 0.2) is 6.10 Å². The van der Waals surface area contributed by atoms with Crippen LogP contribution in [-0.4, -0.2) is 37.2 Å². The molecule has 0 spiro atoms. The van der Waals surface area contributed by atoms with Gasteiger partial charge in [0, 0.05) is 19.3 Å². The van der Waals surface area contributed by atoms with E-state index in [4.69, 9.17) is 14.2 Å². The van der Waals surface area contributed by atoms with Crippen molar-refractivity contribution in [2.45, 2.75) is 348 Å². The third-order valence-corrected chi connectivity index (χ3v) is 14.9. The van der Waals surface area contributed by atoms with E-state index in [1.54, 1.807) is 0 Å². The Balaban J connectivity index is 4.09. The average Bonchev–Trinajstić information content (AvgIpc) is 3.45. The summed E-state index contributed by atoms with van der Waals surface area (Å²) >= 11 is 0. The van der Waals surface area contributed by atoms with E-state index >= 15 is 0 Å². The van der Waals surface area contributed by atoms with Crippen molar-refractivity contribution < 1.29 is 28.6 Å². The highest BCUT2D eigenvalue weighted by molar-refractivity contribution is 5.71. The minimum absolute atomic E-state index is 0.0735. The lowest BCUT2D eigenvalue weighted by Gasteiger charge is -2.18. The van der Waals surface area contributed by atoms with Gasteiger partial charge in [-0.05, 0) is 96.3 Å². The van der Waals surface area contributed by atoms with Gasteiger partial charge in [-0.3, -0.25) is 14.4 Å². The summed E-state index contributed by atoms with van der Waals surface area (Å²) in [5.74, 6) is -0.865. The monoisotopic (exact) mass is 1100 g/mol. The Labute approximate surface area is 490 Å². The van der Waals surface area contributed by atoms with Crippen LogP contribution < -0.4 is 0 Å². The van der Waals surface area contributed by atoms with E-state index in [1.807, 2.05) is 0 Å². The van der Waals surface area contributed by atoms with Crippen molar-refractivity contribution in [2.24, 2.45) is 0 Å². The van der Waals surface area contributed by atoms with Crippen molar-refractivity contribution in [3.63, 3.8) is 0 Å². The van der Waals surface area contributed by atoms with Gasteiger partial charge in [-0.15, -0.1) is 0 Å². The van der Waals surface area contributed by atoms with Gasteiger partial charge in [0.1, 0.15) is 13.2 Å². The van der Waals surface area contributed by atoms with E-state index in [-0.39, 0.29) is 31.1 Å². The van der Waals surface area contributed by atoms with Gasteiger partial charge in [-0.2, -0.15) is 0 Å². The van der Waals surface area contributed by atoms with Gasteiger partial charge in [0.2, 0.25) is 0 Å². The molecular weight excluding hydrogens is 973 g/mol. The minimum atomic E-state index is -0.775. The summed E-state index contributed by atoms with van der Waals surface area (Å²) in [4.78, 5) is 38.3. The number of carbonyl (C=O) groups excluding carboxylic acids is 3. The normalized spacial score (nSPS) is 12.6. The molecule has 0 aliphatic heterocycles. The van der Waals surface area contributed by atoms with Crippen LogP contribution >= 0.6 is 0 Å². The molecule has 1 atom stereocenters. The largest absolute Gasteiger partial charge is 0.462 e. The van der Waals surface area contributed by atoms with Crippen molar-refractivity contribution in [2.75, 3.05) is 13.2 Å². The number of allylic oxidation sites excluding steroid dienone is 14. The zero-order valence-electron chi connectivity index (χ0n) is 52.4. The van der Waals surface area contributed by atoms with Crippen LogP contribution in [0.5, 0.6) is 0 Å². The number of ether oxygens (including phenoxy) is 3. The Kier molecular flexibility index (Phi) is 64.2. The van der Waals surface area contributed by atoms with Crippen molar-refractivity contribution in [3.05, 3.63) is 85.1 Å². The second-order valence-corrected chi connectivity index (χ2v) is 22.7. The minimum Gasteiger partial charge on any atom is -0.462 e. The van der Waals surface area contributed by atoms with E-state index in [2.05, 4.69) is 106 Å². The van der Waals surface area contributed by atoms with Gasteiger partial charge in [-0.1, -0.05) is 311 Å². The fourth-order valence-electron chi connectivity index (χ4n) is 9.80. The molecule has 6 nitrogen and oxygen atoms in total. The van der Waals surface area contributed by atoms with Crippen LogP contribution in [-0.2, 0) is 28.6 Å². The van der Waals surface area contributed by atoms with E-state index in [9.17, 15) is 14.4 Å². The average molecular weight is 1100 g/mol. The summed E-state index contributed by atoms with van der Waals surface area (Å²) in [7, 11) is 0. The van der Waals surface area contributed by atoms with Crippen molar-refractivity contribution in [1.29, 1.82) is 0 Å². The van der Waals surface area contributed by atoms with Crippen LogP contribution in [0.3, 0.4) is 0 Å². The Morgan fingerprint density at radius 3 is 0.810 bits per heavy atom. The number of carbonyl (C=O) groups is 3. The quantitative estimate of drug-likeness (QED) is 0.0261. The third kappa shape index (κ3) is 65.3. The van der Waals surface area contributed by atoms with Crippen molar-refractivity contribution in [1.82, 2.24) is 0 Å². The molecule has 456 valence electrons. The number of hydrogen-bond acceptors (Lipinski definition) is 6. The topological polar surface area (TPSA) is 78.9 Å². The molecular formula is C73H128O6. The predicted octanol–water partition coefficient (Wildman–Crippen LogP) is 23.4. The Morgan fingerprint density at radius 2 is 0.494 bits per heavy atom. The summed E-state index contributed by atoms with van der Waals surface area (Å²) in [6.45, 7) is 6.53. The number of hydrogen-bond donors (Lipinski definition) is 0. The Bertz CT molecular complexity index is 1500. The highest BCUT2D eigenvalue weighted by Gasteiger charge is 2.19. The molecule has 0 amide bonds. The molecule has 0 N–H and O–H groups in total. The molecule has 0 saturated heterocycles. The first-order valence-electron chi connectivity index (χ1n) is 34.1. The van der Waals surface area contributed by atoms with Gasteiger partial charge in [0.25, 0.3) is 0 Å². The molecule has 0 aliphatic rings. The summed E-state index contributed by atoms with van der Waals surface area (Å²) in [5.41, 5.74) is 0. The van der Waals surface area contributed by atoms with E-state index < -0.39 is 6.10 Å². The zero-order chi connectivity index (χ0) is 57.1. The van der Waals surface area contributed by atoms with Crippen LogP contribution in [0.4, 0.5) is 0 Å². The second kappa shape index (κ2) is 67.1. The number of unbranched alkanes of at least 4 members (excludes halogenated alkanes) is 37. The standard InChI is InChI=1S/C73H128O6/c1-4-7-10-13-16-19-22-25-27-28-29-30-31-32-33-34-35-36-37-38-39-40-41-42-43-44-45-46-47-49-51-54-57-60-63-66-72(75)78-69-70(68-77-71(74)65-62-59-56-53-50-24-21-18-15-12-9-6-3)79-73(76)67-64-61-58-55-52-48-26-23-20-17-14-11-8-5-2/h7,10,16,18-19,21,25,27,29-30,32-33,35-36,70H,4-6,8-9,11-15,17,20,22-24,26,28,31,34,37-69H2,1-3H3/b10-7-,19-16-,21-18-,27-25-,30-29-,33-32-,36-35-. The fourth-order valence-corrected chi connectivity index (χ4v) is 9.80. The van der Waals surface area contributed by atoms with Gasteiger partial charge in [-0.25, -0.2) is 0 Å². The molecule has 0 aromatic carbocycles. The van der Waals surface area contributed by atoms with Crippen LogP contribution in [0, 0.1) is 0 Å². The zero-order valence-corrected chi connectivity index (χ0v) is 52.4. The SMILES string of the molecule is CC/C=C\C/C=C\C/C=C\C/C=C\C/C=C\C/C=C\CCCCCCCCCCCCCCCCCCC(=O)OCC(COC(=O)CCCCCCC/C=C\CCCCC)OC(=O)CCCCCCCCCCCCCCCC. The first-order chi connectivity index (χ1) is 39.0. The highest BCUT2D eigenvalue weighted by Crippen LogP contribution is 2.17. The van der Waals surface area contributed by atoms with Gasteiger partial charge < -0.3 is 14.2 Å². The molecule has 0 bridgehead atoms. The maximum absolute atomic E-state index is 12.9. The first kappa shape index (κ1) is 75.6. The van der Waals surface area contributed by atoms with Crippen molar-refractivity contribution >= 4 is 17.9 Å². The first-order valence-corrected chi connectivity index (χ1v) is 34.1. The number of rotatable bonds is 62. The fraction of sp³-hybridized carbons (Fsp3) is 0.767. The third-order valence-electron chi connectivity index (χ3n) is 14.9. The molecule has 0 heterocycles. The molecule has 0 fully saturated rings. The predicted molar refractivity (Wildman–Crippen MR) is 344 cm³/mol. The molecule has 0 radical (unpaired) electrons. The van der Waals surface area contributed by atoms with Gasteiger partial charge >= 0.3 is 17.9 Å². The Hall–Kier alpha value is -3.41. The molecule has 0 rings (SSSR count). The lowest BCUT2D eigenvalue weighted by atomic mass is 10.0. The summed E-state index contributed by atoms with van der Waals surface area (Å²) < 4.78 is 16.9. The molecule has 0 saturated carbocycles. The van der Waals surface area contributed by atoms with Crippen LogP contribution in [0.25, 0.3) is 0 Å². The van der Waals surface area contributed by atoms with Gasteiger partial charge in [0.05, 0.1) is 0 Å². The molecule has 0 aliphatic carbocycles. The summed E-state index contributed by atoms with van der Waals surface area (Å²) in [5, 5.41) is 0. The van der Waals surface area contributed by atoms with E-state index in [0.29, 0.717) is 19.3 Å². The molecule has 0 aromatic rings. The van der Waals surface area contributed by atoms with Crippen molar-refractivity contribution in [3.8, 4) is 0 Å². The smallest absolute Gasteiger partial charge is 0.306 e. The Morgan fingerprint density at radius 1 is 0.266 bits per heavy atom. The van der Waals surface area contributed by atoms with Crippen LogP contribution in [0.15, 0.2) is 85.1 Å². The second-order valence-electron chi connectivity index (χ2n) is 22.7. The summed E-state index contributed by atoms with van der Waals surface area (Å²) in [6, 6.07) is 0. The maximum atomic E-state index is 12.9. The molecule has 1 unspecified atom stereocenters. The molecule has 79 heavy (non-hydrogen) atoms. The lowest BCUT2D eigenvalue weighted by molar-refractivity contribution is -0.167. The van der Waals surface area contributed by atoms with E-state index in [1.165, 1.54) is 199 Å². The van der Waals surface area contributed by atoms with E-state index in [0.717, 1.165) is 103 Å². The summed E-state index contributed by atoms with van der Waals surface area (Å²) in [6.07, 6.45) is 89.0. The van der Waals surface area contributed by atoms with Crippen LogP contribution in [0.2, 0.25) is 0 Å². The van der Waals surface area contributed by atoms with Crippen LogP contribution in [0.1, 0.15) is 342 Å². The molecule has 6 heteroatoms. The number of esters is 3.